The molecule has 0 radical (unpaired) electrons. The lowest BCUT2D eigenvalue weighted by atomic mass is 10.0. The average molecular weight is 452 g/mol. The largest absolute Gasteiger partial charge is 0.336 e. The fourth-order valence-electron chi connectivity index (χ4n) is 3.14. The van der Waals surface area contributed by atoms with Gasteiger partial charge in [0.25, 0.3) is 0 Å². The lowest BCUT2D eigenvalue weighted by Gasteiger charge is -2.17. The Bertz CT molecular complexity index is 1090. The number of benzene rings is 2. The number of hydrogen-bond donors (Lipinski definition) is 1. The van der Waals surface area contributed by atoms with Crippen LogP contribution in [0.4, 0.5) is 5.69 Å². The Morgan fingerprint density at radius 1 is 1.12 bits per heavy atom. The van der Waals surface area contributed by atoms with Gasteiger partial charge in [-0.1, -0.05) is 49.9 Å². The minimum Gasteiger partial charge on any atom is -0.336 e. The zero-order valence-corrected chi connectivity index (χ0v) is 19.9. The Morgan fingerprint density at radius 3 is 2.53 bits per heavy atom. The summed E-state index contributed by atoms with van der Waals surface area (Å²) < 4.78 is 1.86. The molecule has 1 heterocycles. The molecule has 0 aliphatic carbocycles. The summed E-state index contributed by atoms with van der Waals surface area (Å²) in [5.74, 6) is 0.235. The van der Waals surface area contributed by atoms with Crippen molar-refractivity contribution < 1.29 is 9.59 Å². The van der Waals surface area contributed by atoms with Crippen LogP contribution < -0.4 is 5.32 Å². The van der Waals surface area contributed by atoms with Crippen molar-refractivity contribution in [1.82, 2.24) is 19.7 Å². The van der Waals surface area contributed by atoms with E-state index in [4.69, 9.17) is 0 Å². The number of nitrogens with one attached hydrogen (secondary N) is 1. The van der Waals surface area contributed by atoms with E-state index in [1.54, 1.807) is 13.4 Å². The van der Waals surface area contributed by atoms with Gasteiger partial charge in [0.05, 0.1) is 12.3 Å². The molecule has 3 rings (SSSR count). The first-order valence-electron chi connectivity index (χ1n) is 10.5. The van der Waals surface area contributed by atoms with Crippen LogP contribution in [0.2, 0.25) is 0 Å². The monoisotopic (exact) mass is 451 g/mol. The molecule has 0 aliphatic rings. The summed E-state index contributed by atoms with van der Waals surface area (Å²) in [6.07, 6.45) is 1.64. The molecule has 3 aromatic rings. The molecule has 2 amide bonds. The molecule has 0 unspecified atom stereocenters. The predicted octanol–water partition coefficient (Wildman–Crippen LogP) is 4.20. The van der Waals surface area contributed by atoms with E-state index in [0.717, 1.165) is 22.5 Å². The Balaban J connectivity index is 1.56. The third-order valence-corrected chi connectivity index (χ3v) is 6.29. The Hall–Kier alpha value is -3.13. The van der Waals surface area contributed by atoms with Crippen molar-refractivity contribution in [3.63, 3.8) is 0 Å². The van der Waals surface area contributed by atoms with Crippen molar-refractivity contribution in [2.75, 3.05) is 24.7 Å². The highest BCUT2D eigenvalue weighted by Crippen LogP contribution is 2.22. The van der Waals surface area contributed by atoms with Gasteiger partial charge in [0.1, 0.15) is 6.33 Å². The van der Waals surface area contributed by atoms with Gasteiger partial charge in [-0.2, -0.15) is 0 Å². The number of nitrogens with zero attached hydrogens (tertiary/aromatic N) is 4. The van der Waals surface area contributed by atoms with E-state index in [1.807, 2.05) is 48.7 Å². The molecule has 0 aliphatic heterocycles. The lowest BCUT2D eigenvalue weighted by Crippen LogP contribution is -2.36. The van der Waals surface area contributed by atoms with E-state index < -0.39 is 0 Å². The maximum atomic E-state index is 12.6. The van der Waals surface area contributed by atoms with Crippen LogP contribution in [0.1, 0.15) is 36.5 Å². The summed E-state index contributed by atoms with van der Waals surface area (Å²) in [7, 11) is 1.63. The number of likely N-dealkylation sites (N-methyl/N-ethyl adjacent to an activating group) is 1. The van der Waals surface area contributed by atoms with Gasteiger partial charge in [0.2, 0.25) is 11.8 Å². The van der Waals surface area contributed by atoms with E-state index in [9.17, 15) is 9.59 Å². The van der Waals surface area contributed by atoms with Crippen molar-refractivity contribution in [1.29, 1.82) is 0 Å². The lowest BCUT2D eigenvalue weighted by molar-refractivity contribution is -0.131. The first-order valence-corrected chi connectivity index (χ1v) is 11.5. The molecule has 2 aromatic carbocycles. The van der Waals surface area contributed by atoms with Crippen molar-refractivity contribution in [2.24, 2.45) is 0 Å². The molecule has 8 heteroatoms. The highest BCUT2D eigenvalue weighted by atomic mass is 32.2. The number of aryl methyl sites for hydroxylation is 1. The van der Waals surface area contributed by atoms with E-state index in [2.05, 4.69) is 41.5 Å². The number of aromatic nitrogens is 3. The third-order valence-electron chi connectivity index (χ3n) is 5.36. The van der Waals surface area contributed by atoms with Crippen LogP contribution in [0.5, 0.6) is 0 Å². The maximum Gasteiger partial charge on any atom is 0.243 e. The highest BCUT2D eigenvalue weighted by Gasteiger charge is 2.16. The van der Waals surface area contributed by atoms with Crippen LogP contribution in [0.15, 0.2) is 53.9 Å². The summed E-state index contributed by atoms with van der Waals surface area (Å²) in [6.45, 7) is 8.24. The molecule has 7 nitrogen and oxygen atoms in total. The number of anilines is 1. The minimum absolute atomic E-state index is 0.0177. The van der Waals surface area contributed by atoms with Crippen molar-refractivity contribution in [3.8, 4) is 5.69 Å². The van der Waals surface area contributed by atoms with Crippen LogP contribution in [-0.2, 0) is 9.59 Å². The van der Waals surface area contributed by atoms with E-state index in [0.29, 0.717) is 11.1 Å². The Labute approximate surface area is 193 Å². The fraction of sp³-hybridized carbons (Fsp3) is 0.333. The number of carbonyl (C=O) groups excluding carboxylic acids is 2. The van der Waals surface area contributed by atoms with Gasteiger partial charge in [-0.15, -0.1) is 10.2 Å². The second-order valence-electron chi connectivity index (χ2n) is 8.06. The molecule has 1 aromatic heterocycles. The first-order chi connectivity index (χ1) is 15.3. The highest BCUT2D eigenvalue weighted by molar-refractivity contribution is 7.99. The molecule has 168 valence electrons. The van der Waals surface area contributed by atoms with Crippen LogP contribution in [0.3, 0.4) is 0 Å². The summed E-state index contributed by atoms with van der Waals surface area (Å²) >= 11 is 1.30. The smallest absolute Gasteiger partial charge is 0.243 e. The van der Waals surface area contributed by atoms with Gasteiger partial charge in [0.15, 0.2) is 5.16 Å². The molecule has 1 N–H and O–H groups in total. The van der Waals surface area contributed by atoms with Gasteiger partial charge in [-0.3, -0.25) is 14.2 Å². The predicted molar refractivity (Wildman–Crippen MR) is 128 cm³/mol. The number of rotatable bonds is 8. The average Bonchev–Trinajstić information content (AvgIpc) is 3.23. The third kappa shape index (κ3) is 5.76. The molecule has 32 heavy (non-hydrogen) atoms. The van der Waals surface area contributed by atoms with E-state index >= 15 is 0 Å². The minimum atomic E-state index is -0.229. The summed E-state index contributed by atoms with van der Waals surface area (Å²) in [6, 6.07) is 14.0. The van der Waals surface area contributed by atoms with E-state index in [1.165, 1.54) is 22.2 Å². The molecule has 0 saturated heterocycles. The number of hydrogen-bond acceptors (Lipinski definition) is 5. The molecular formula is C24H29N5O2S. The Kier molecular flexibility index (Phi) is 7.69. The molecule has 0 fully saturated rings. The van der Waals surface area contributed by atoms with Crippen molar-refractivity contribution >= 4 is 29.3 Å². The number of amides is 2. The fourth-order valence-corrected chi connectivity index (χ4v) is 4.01. The number of thioether (sulfide) groups is 1. The second-order valence-corrected chi connectivity index (χ2v) is 9.01. The van der Waals surface area contributed by atoms with Gasteiger partial charge in [-0.05, 0) is 54.7 Å². The Morgan fingerprint density at radius 2 is 1.84 bits per heavy atom. The van der Waals surface area contributed by atoms with Crippen LogP contribution in [-0.4, -0.2) is 50.8 Å². The standard InChI is InChI=1S/C24H29N5O2S/c1-16(2)19-9-11-20(12-10-19)29-15-25-27-24(29)32-14-23(31)28(5)13-22(30)26-21-8-6-7-17(3)18(21)4/h6-12,15-16H,13-14H2,1-5H3,(H,26,30). The van der Waals surface area contributed by atoms with Crippen LogP contribution in [0, 0.1) is 13.8 Å². The van der Waals surface area contributed by atoms with Crippen LogP contribution >= 0.6 is 11.8 Å². The normalized spacial score (nSPS) is 10.9. The molecule has 0 spiro atoms. The zero-order chi connectivity index (χ0) is 23.3. The molecule has 0 saturated carbocycles. The van der Waals surface area contributed by atoms with Gasteiger partial charge >= 0.3 is 0 Å². The summed E-state index contributed by atoms with van der Waals surface area (Å²) in [4.78, 5) is 26.4. The zero-order valence-electron chi connectivity index (χ0n) is 19.1. The topological polar surface area (TPSA) is 80.1 Å². The van der Waals surface area contributed by atoms with Crippen molar-refractivity contribution in [3.05, 3.63) is 65.5 Å². The number of carbonyl (C=O) groups is 2. The second kappa shape index (κ2) is 10.5. The van der Waals surface area contributed by atoms with Gasteiger partial charge in [-0.25, -0.2) is 0 Å². The maximum absolute atomic E-state index is 12.6. The molecular weight excluding hydrogens is 422 g/mol. The SMILES string of the molecule is Cc1cccc(NC(=O)CN(C)C(=O)CSc2nncn2-c2ccc(C(C)C)cc2)c1C. The van der Waals surface area contributed by atoms with E-state index in [-0.39, 0.29) is 24.1 Å². The molecule has 0 atom stereocenters. The van der Waals surface area contributed by atoms with Gasteiger partial charge in [0, 0.05) is 18.4 Å². The summed E-state index contributed by atoms with van der Waals surface area (Å²) in [5.41, 5.74) is 5.09. The van der Waals surface area contributed by atoms with Crippen molar-refractivity contribution in [2.45, 2.75) is 38.8 Å². The molecule has 0 bridgehead atoms. The summed E-state index contributed by atoms with van der Waals surface area (Å²) in [5, 5.41) is 11.6. The first kappa shape index (κ1) is 23.5. The quantitative estimate of drug-likeness (QED) is 0.519. The van der Waals surface area contributed by atoms with Gasteiger partial charge < -0.3 is 10.2 Å². The van der Waals surface area contributed by atoms with Crippen LogP contribution in [0.25, 0.3) is 5.69 Å².